The van der Waals surface area contributed by atoms with E-state index in [-0.39, 0.29) is 24.5 Å². The van der Waals surface area contributed by atoms with Crippen LogP contribution in [0.15, 0.2) is 30.3 Å². The van der Waals surface area contributed by atoms with Crippen molar-refractivity contribution in [1.82, 2.24) is 10.6 Å². The fourth-order valence-corrected chi connectivity index (χ4v) is 2.02. The molecule has 5 nitrogen and oxygen atoms in total. The maximum Gasteiger partial charge on any atom is 0.303 e. The Balaban J connectivity index is 2.54. The second-order valence-corrected chi connectivity index (χ2v) is 5.60. The smallest absolute Gasteiger partial charge is 0.303 e. The molecule has 1 aromatic rings. The summed E-state index contributed by atoms with van der Waals surface area (Å²) in [6.45, 7) is 5.16. The van der Waals surface area contributed by atoms with E-state index in [9.17, 15) is 9.59 Å². The second-order valence-electron chi connectivity index (χ2n) is 5.60. The summed E-state index contributed by atoms with van der Waals surface area (Å²) in [7, 11) is 1.75. The van der Waals surface area contributed by atoms with Gasteiger partial charge in [-0.3, -0.25) is 9.59 Å². The number of ether oxygens (including phenoxy) is 1. The van der Waals surface area contributed by atoms with Gasteiger partial charge in [0.1, 0.15) is 5.60 Å². The maximum absolute atomic E-state index is 12.2. The molecule has 1 atom stereocenters. The molecule has 0 aromatic heterocycles. The average molecular weight is 292 g/mol. The standard InChI is InChI=1S/C16H24N2O3/c1-12(19)21-16(2,3)11-18-15(20)14(17-4)10-13-8-6-5-7-9-13/h5-9,14,17H,10-11H2,1-4H3,(H,18,20). The molecule has 0 saturated heterocycles. The van der Waals surface area contributed by atoms with Crippen molar-refractivity contribution in [3.05, 3.63) is 35.9 Å². The summed E-state index contributed by atoms with van der Waals surface area (Å²) in [5.41, 5.74) is 0.373. The minimum absolute atomic E-state index is 0.110. The van der Waals surface area contributed by atoms with Crippen molar-refractivity contribution in [3.8, 4) is 0 Å². The van der Waals surface area contributed by atoms with E-state index in [2.05, 4.69) is 10.6 Å². The first-order valence-electron chi connectivity index (χ1n) is 7.02. The Morgan fingerprint density at radius 2 is 1.86 bits per heavy atom. The van der Waals surface area contributed by atoms with E-state index in [0.717, 1.165) is 5.56 Å². The Morgan fingerprint density at radius 1 is 1.24 bits per heavy atom. The molecule has 0 spiro atoms. The van der Waals surface area contributed by atoms with Crippen LogP contribution in [0.25, 0.3) is 0 Å². The van der Waals surface area contributed by atoms with Crippen molar-refractivity contribution >= 4 is 11.9 Å². The molecule has 0 saturated carbocycles. The molecular weight excluding hydrogens is 268 g/mol. The predicted octanol–water partition coefficient (Wildman–Crippen LogP) is 1.27. The van der Waals surface area contributed by atoms with Crippen LogP contribution >= 0.6 is 0 Å². The summed E-state index contributed by atoms with van der Waals surface area (Å²) in [4.78, 5) is 23.2. The third-order valence-electron chi connectivity index (χ3n) is 3.06. The zero-order valence-corrected chi connectivity index (χ0v) is 13.1. The van der Waals surface area contributed by atoms with Crippen LogP contribution in [0.3, 0.4) is 0 Å². The molecule has 1 rings (SSSR count). The maximum atomic E-state index is 12.2. The molecule has 0 aliphatic heterocycles. The van der Waals surface area contributed by atoms with E-state index < -0.39 is 5.60 Å². The van der Waals surface area contributed by atoms with Gasteiger partial charge in [-0.2, -0.15) is 0 Å². The quantitative estimate of drug-likeness (QED) is 0.743. The van der Waals surface area contributed by atoms with E-state index in [1.807, 2.05) is 30.3 Å². The van der Waals surface area contributed by atoms with Crippen molar-refractivity contribution in [1.29, 1.82) is 0 Å². The molecule has 1 unspecified atom stereocenters. The van der Waals surface area contributed by atoms with E-state index in [0.29, 0.717) is 6.42 Å². The van der Waals surface area contributed by atoms with Gasteiger partial charge in [-0.1, -0.05) is 30.3 Å². The van der Waals surface area contributed by atoms with Gasteiger partial charge in [0.15, 0.2) is 0 Å². The van der Waals surface area contributed by atoms with Crippen LogP contribution in [0.4, 0.5) is 0 Å². The van der Waals surface area contributed by atoms with Crippen LogP contribution in [0.5, 0.6) is 0 Å². The highest BCUT2D eigenvalue weighted by Crippen LogP contribution is 2.08. The van der Waals surface area contributed by atoms with Crippen LogP contribution in [-0.4, -0.2) is 37.1 Å². The monoisotopic (exact) mass is 292 g/mol. The van der Waals surface area contributed by atoms with Crippen LogP contribution in [0.1, 0.15) is 26.3 Å². The molecule has 116 valence electrons. The molecule has 0 bridgehead atoms. The first-order valence-corrected chi connectivity index (χ1v) is 7.02. The Kier molecular flexibility index (Phi) is 6.37. The van der Waals surface area contributed by atoms with Gasteiger partial charge in [-0.25, -0.2) is 0 Å². The van der Waals surface area contributed by atoms with Gasteiger partial charge in [0.05, 0.1) is 12.6 Å². The van der Waals surface area contributed by atoms with Gasteiger partial charge >= 0.3 is 5.97 Å². The molecule has 1 aromatic carbocycles. The van der Waals surface area contributed by atoms with Crippen molar-refractivity contribution in [3.63, 3.8) is 0 Å². The van der Waals surface area contributed by atoms with E-state index in [1.165, 1.54) is 6.92 Å². The molecule has 0 radical (unpaired) electrons. The Hall–Kier alpha value is -1.88. The first-order chi connectivity index (χ1) is 9.84. The summed E-state index contributed by atoms with van der Waals surface area (Å²) >= 11 is 0. The molecule has 1 amide bonds. The number of benzene rings is 1. The summed E-state index contributed by atoms with van der Waals surface area (Å²) in [6.07, 6.45) is 0.608. The largest absolute Gasteiger partial charge is 0.458 e. The molecule has 5 heteroatoms. The van der Waals surface area contributed by atoms with E-state index in [1.54, 1.807) is 20.9 Å². The summed E-state index contributed by atoms with van der Waals surface area (Å²) in [6, 6.07) is 9.49. The number of hydrogen-bond donors (Lipinski definition) is 2. The third kappa shape index (κ3) is 6.40. The van der Waals surface area contributed by atoms with Crippen LogP contribution < -0.4 is 10.6 Å². The molecule has 0 aliphatic rings. The van der Waals surface area contributed by atoms with Gasteiger partial charge in [-0.05, 0) is 32.9 Å². The molecule has 2 N–H and O–H groups in total. The Morgan fingerprint density at radius 3 is 2.38 bits per heavy atom. The van der Waals surface area contributed by atoms with Crippen molar-refractivity contribution in [2.75, 3.05) is 13.6 Å². The molecule has 0 fully saturated rings. The lowest BCUT2D eigenvalue weighted by molar-refractivity contribution is -0.154. The zero-order chi connectivity index (χ0) is 15.9. The SMILES string of the molecule is CNC(Cc1ccccc1)C(=O)NCC(C)(C)OC(C)=O. The minimum atomic E-state index is -0.716. The first kappa shape index (κ1) is 17.2. The van der Waals surface area contributed by atoms with Crippen LogP contribution in [0.2, 0.25) is 0 Å². The van der Waals surface area contributed by atoms with Crippen molar-refractivity contribution in [2.45, 2.75) is 38.8 Å². The van der Waals surface area contributed by atoms with E-state index in [4.69, 9.17) is 4.74 Å². The number of nitrogens with one attached hydrogen (secondary N) is 2. The van der Waals surface area contributed by atoms with E-state index >= 15 is 0 Å². The highest BCUT2D eigenvalue weighted by atomic mass is 16.6. The van der Waals surface area contributed by atoms with Gasteiger partial charge < -0.3 is 15.4 Å². The zero-order valence-electron chi connectivity index (χ0n) is 13.1. The number of carbonyl (C=O) groups excluding carboxylic acids is 2. The molecular formula is C16H24N2O3. The number of rotatable bonds is 7. The molecule has 0 heterocycles. The molecule has 21 heavy (non-hydrogen) atoms. The minimum Gasteiger partial charge on any atom is -0.458 e. The topological polar surface area (TPSA) is 67.4 Å². The third-order valence-corrected chi connectivity index (χ3v) is 3.06. The number of amides is 1. The van der Waals surface area contributed by atoms with Gasteiger partial charge in [0.25, 0.3) is 0 Å². The highest BCUT2D eigenvalue weighted by molar-refractivity contribution is 5.82. The number of likely N-dealkylation sites (N-methyl/N-ethyl adjacent to an activating group) is 1. The number of carbonyl (C=O) groups is 2. The normalized spacial score (nSPS) is 12.6. The van der Waals surface area contributed by atoms with Crippen LogP contribution in [-0.2, 0) is 20.7 Å². The van der Waals surface area contributed by atoms with Gasteiger partial charge in [-0.15, -0.1) is 0 Å². The second kappa shape index (κ2) is 7.78. The van der Waals surface area contributed by atoms with Crippen molar-refractivity contribution < 1.29 is 14.3 Å². The lowest BCUT2D eigenvalue weighted by Gasteiger charge is -2.26. The molecule has 0 aliphatic carbocycles. The Bertz CT molecular complexity index is 472. The highest BCUT2D eigenvalue weighted by Gasteiger charge is 2.24. The number of esters is 1. The number of hydrogen-bond acceptors (Lipinski definition) is 4. The van der Waals surface area contributed by atoms with Gasteiger partial charge in [0.2, 0.25) is 5.91 Å². The summed E-state index contributed by atoms with van der Waals surface area (Å²) in [5, 5.41) is 5.83. The van der Waals surface area contributed by atoms with Crippen LogP contribution in [0, 0.1) is 0 Å². The predicted molar refractivity (Wildman–Crippen MR) is 81.8 cm³/mol. The van der Waals surface area contributed by atoms with Crippen molar-refractivity contribution in [2.24, 2.45) is 0 Å². The summed E-state index contributed by atoms with van der Waals surface area (Å²) in [5.74, 6) is -0.467. The fraction of sp³-hybridized carbons (Fsp3) is 0.500. The van der Waals surface area contributed by atoms with Gasteiger partial charge in [0, 0.05) is 6.92 Å². The lowest BCUT2D eigenvalue weighted by atomic mass is 10.0. The summed E-state index contributed by atoms with van der Waals surface area (Å²) < 4.78 is 5.15. The lowest BCUT2D eigenvalue weighted by Crippen LogP contribution is -2.49. The Labute approximate surface area is 126 Å². The average Bonchev–Trinajstić information content (AvgIpc) is 2.42. The fourth-order valence-electron chi connectivity index (χ4n) is 2.02.